The summed E-state index contributed by atoms with van der Waals surface area (Å²) < 4.78 is 5.64. The Labute approximate surface area is 166 Å². The van der Waals surface area contributed by atoms with Crippen LogP contribution in [0.15, 0.2) is 95.5 Å². The van der Waals surface area contributed by atoms with Crippen molar-refractivity contribution in [1.82, 2.24) is 5.16 Å². The number of aromatic nitrogens is 1. The van der Waals surface area contributed by atoms with Crippen LogP contribution in [-0.4, -0.2) is 5.16 Å². The molecule has 0 N–H and O–H groups in total. The molecule has 0 spiro atoms. The van der Waals surface area contributed by atoms with E-state index in [1.54, 1.807) is 0 Å². The van der Waals surface area contributed by atoms with Crippen molar-refractivity contribution in [3.05, 3.63) is 108 Å². The zero-order valence-corrected chi connectivity index (χ0v) is 16.0. The molecule has 28 heavy (non-hydrogen) atoms. The summed E-state index contributed by atoms with van der Waals surface area (Å²) >= 11 is 0. The third kappa shape index (κ3) is 4.12. The Kier molecular flexibility index (Phi) is 5.48. The summed E-state index contributed by atoms with van der Waals surface area (Å²) in [6, 6.07) is 29.4. The highest BCUT2D eigenvalue weighted by Gasteiger charge is 2.12. The fourth-order valence-electron chi connectivity index (χ4n) is 3.32. The molecule has 0 saturated heterocycles. The molecule has 0 aliphatic carbocycles. The van der Waals surface area contributed by atoms with Crippen LogP contribution in [0, 0.1) is 6.92 Å². The second-order valence-electron chi connectivity index (χ2n) is 6.88. The molecular formula is C26H23NO. The van der Waals surface area contributed by atoms with Gasteiger partial charge in [-0.25, -0.2) is 0 Å². The van der Waals surface area contributed by atoms with Crippen molar-refractivity contribution in [2.45, 2.75) is 19.8 Å². The van der Waals surface area contributed by atoms with Crippen molar-refractivity contribution in [2.75, 3.05) is 0 Å². The average Bonchev–Trinajstić information content (AvgIpc) is 3.13. The molecule has 4 rings (SSSR count). The number of benzene rings is 3. The molecule has 0 amide bonds. The van der Waals surface area contributed by atoms with Crippen LogP contribution in [0.5, 0.6) is 0 Å². The first-order valence-corrected chi connectivity index (χ1v) is 9.64. The molecular weight excluding hydrogens is 342 g/mol. The van der Waals surface area contributed by atoms with Gasteiger partial charge in [-0.3, -0.25) is 0 Å². The van der Waals surface area contributed by atoms with Gasteiger partial charge in [-0.15, -0.1) is 0 Å². The van der Waals surface area contributed by atoms with Crippen molar-refractivity contribution >= 4 is 6.08 Å². The van der Waals surface area contributed by atoms with E-state index < -0.39 is 0 Å². The molecule has 0 saturated carbocycles. The third-order valence-electron chi connectivity index (χ3n) is 4.89. The predicted molar refractivity (Wildman–Crippen MR) is 116 cm³/mol. The Morgan fingerprint density at radius 2 is 1.36 bits per heavy atom. The summed E-state index contributed by atoms with van der Waals surface area (Å²) in [6.45, 7) is 1.99. The van der Waals surface area contributed by atoms with E-state index in [-0.39, 0.29) is 0 Å². The van der Waals surface area contributed by atoms with Gasteiger partial charge in [0, 0.05) is 11.1 Å². The number of hydrogen-bond donors (Lipinski definition) is 0. The van der Waals surface area contributed by atoms with E-state index in [2.05, 4.69) is 96.2 Å². The van der Waals surface area contributed by atoms with Gasteiger partial charge in [-0.1, -0.05) is 102 Å². The molecule has 0 bridgehead atoms. The lowest BCUT2D eigenvalue weighted by atomic mass is 10.0. The van der Waals surface area contributed by atoms with Crippen LogP contribution >= 0.6 is 0 Å². The minimum Gasteiger partial charge on any atom is -0.355 e. The van der Waals surface area contributed by atoms with Gasteiger partial charge < -0.3 is 4.52 Å². The first-order chi connectivity index (χ1) is 13.8. The van der Waals surface area contributed by atoms with E-state index in [1.165, 1.54) is 16.7 Å². The van der Waals surface area contributed by atoms with Crippen LogP contribution in [0.25, 0.3) is 28.5 Å². The quantitative estimate of drug-likeness (QED) is 0.369. The van der Waals surface area contributed by atoms with E-state index in [1.807, 2.05) is 13.0 Å². The Morgan fingerprint density at radius 1 is 0.750 bits per heavy atom. The van der Waals surface area contributed by atoms with Gasteiger partial charge in [-0.2, -0.15) is 0 Å². The first kappa shape index (κ1) is 18.0. The SMILES string of the molecule is Cc1noc(-c2ccc(-c3ccccc3)cc2)c1/C=C\CCc1ccccc1. The Bertz CT molecular complexity index is 1040. The predicted octanol–water partition coefficient (Wildman–Crippen LogP) is 6.96. The van der Waals surface area contributed by atoms with E-state index in [0.29, 0.717) is 0 Å². The highest BCUT2D eigenvalue weighted by Crippen LogP contribution is 2.29. The van der Waals surface area contributed by atoms with Gasteiger partial charge in [0.1, 0.15) is 0 Å². The molecule has 0 fully saturated rings. The maximum absolute atomic E-state index is 5.64. The zero-order valence-electron chi connectivity index (χ0n) is 16.0. The van der Waals surface area contributed by atoms with Gasteiger partial charge >= 0.3 is 0 Å². The molecule has 0 aliphatic heterocycles. The minimum absolute atomic E-state index is 0.827. The summed E-state index contributed by atoms with van der Waals surface area (Å²) in [5.74, 6) is 0.827. The van der Waals surface area contributed by atoms with Gasteiger partial charge in [-0.05, 0) is 36.5 Å². The molecule has 0 unspecified atom stereocenters. The van der Waals surface area contributed by atoms with Crippen molar-refractivity contribution in [1.29, 1.82) is 0 Å². The molecule has 1 heterocycles. The fourth-order valence-corrected chi connectivity index (χ4v) is 3.32. The summed E-state index contributed by atoms with van der Waals surface area (Å²) in [6.07, 6.45) is 6.35. The van der Waals surface area contributed by atoms with Crippen LogP contribution < -0.4 is 0 Å². The van der Waals surface area contributed by atoms with Crippen molar-refractivity contribution < 1.29 is 4.52 Å². The summed E-state index contributed by atoms with van der Waals surface area (Å²) in [5.41, 5.74) is 6.77. The van der Waals surface area contributed by atoms with Crippen molar-refractivity contribution in [3.63, 3.8) is 0 Å². The lowest BCUT2D eigenvalue weighted by Crippen LogP contribution is -1.83. The Hall–Kier alpha value is -3.39. The van der Waals surface area contributed by atoms with Crippen molar-refractivity contribution in [3.8, 4) is 22.5 Å². The maximum atomic E-state index is 5.64. The van der Waals surface area contributed by atoms with E-state index >= 15 is 0 Å². The topological polar surface area (TPSA) is 26.0 Å². The number of allylic oxidation sites excluding steroid dienone is 1. The normalized spacial score (nSPS) is 11.2. The molecule has 3 aromatic carbocycles. The lowest BCUT2D eigenvalue weighted by Gasteiger charge is -2.03. The smallest absolute Gasteiger partial charge is 0.174 e. The van der Waals surface area contributed by atoms with E-state index in [9.17, 15) is 0 Å². The van der Waals surface area contributed by atoms with Crippen LogP contribution in [0.2, 0.25) is 0 Å². The number of rotatable bonds is 6. The van der Waals surface area contributed by atoms with Gasteiger partial charge in [0.2, 0.25) is 0 Å². The minimum atomic E-state index is 0.827. The number of aryl methyl sites for hydroxylation is 2. The van der Waals surface area contributed by atoms with Crippen LogP contribution in [-0.2, 0) is 6.42 Å². The fraction of sp³-hybridized carbons (Fsp3) is 0.115. The average molecular weight is 365 g/mol. The number of nitrogens with zero attached hydrogens (tertiary/aromatic N) is 1. The van der Waals surface area contributed by atoms with Crippen LogP contribution in [0.4, 0.5) is 0 Å². The summed E-state index contributed by atoms with van der Waals surface area (Å²) in [4.78, 5) is 0. The second-order valence-corrected chi connectivity index (χ2v) is 6.88. The monoisotopic (exact) mass is 365 g/mol. The highest BCUT2D eigenvalue weighted by atomic mass is 16.5. The largest absolute Gasteiger partial charge is 0.355 e. The molecule has 0 aliphatic rings. The highest BCUT2D eigenvalue weighted by molar-refractivity contribution is 5.74. The Morgan fingerprint density at radius 3 is 2.07 bits per heavy atom. The molecule has 0 atom stereocenters. The third-order valence-corrected chi connectivity index (χ3v) is 4.89. The second kappa shape index (κ2) is 8.53. The molecule has 138 valence electrons. The van der Waals surface area contributed by atoms with Crippen LogP contribution in [0.3, 0.4) is 0 Å². The van der Waals surface area contributed by atoms with Crippen LogP contribution in [0.1, 0.15) is 23.2 Å². The van der Waals surface area contributed by atoms with Gasteiger partial charge in [0.15, 0.2) is 5.76 Å². The molecule has 0 radical (unpaired) electrons. The zero-order chi connectivity index (χ0) is 19.2. The first-order valence-electron chi connectivity index (χ1n) is 9.64. The summed E-state index contributed by atoms with van der Waals surface area (Å²) in [5, 5.41) is 4.18. The number of hydrogen-bond acceptors (Lipinski definition) is 2. The van der Waals surface area contributed by atoms with Gasteiger partial charge in [0.25, 0.3) is 0 Å². The van der Waals surface area contributed by atoms with Crippen molar-refractivity contribution in [2.24, 2.45) is 0 Å². The maximum Gasteiger partial charge on any atom is 0.174 e. The van der Waals surface area contributed by atoms with E-state index in [4.69, 9.17) is 4.52 Å². The molecule has 1 aromatic heterocycles. The molecule has 4 aromatic rings. The lowest BCUT2D eigenvalue weighted by molar-refractivity contribution is 0.427. The van der Waals surface area contributed by atoms with Gasteiger partial charge in [0.05, 0.1) is 5.69 Å². The molecule has 2 heteroatoms. The summed E-state index contributed by atoms with van der Waals surface area (Å²) in [7, 11) is 0. The standard InChI is InChI=1S/C26H23NO/c1-20-25(15-9-8-12-21-10-4-2-5-11-21)26(28-27-20)24-18-16-23(17-19-24)22-13-6-3-7-14-22/h2-7,9-11,13-19H,8,12H2,1H3/b15-9-. The molecule has 2 nitrogen and oxygen atoms in total. The van der Waals surface area contributed by atoms with E-state index in [0.717, 1.165) is 35.4 Å². The Balaban J connectivity index is 1.51.